The molecular weight excluding hydrogens is 309 g/mol. The third-order valence-electron chi connectivity index (χ3n) is 4.26. The predicted octanol–water partition coefficient (Wildman–Crippen LogP) is 3.47. The Morgan fingerprint density at radius 1 is 1.29 bits per heavy atom. The van der Waals surface area contributed by atoms with Gasteiger partial charge in [-0.2, -0.15) is 0 Å². The number of esters is 1. The lowest BCUT2D eigenvalue weighted by molar-refractivity contribution is -0.150. The molecule has 1 amide bonds. The van der Waals surface area contributed by atoms with Crippen molar-refractivity contribution in [1.82, 2.24) is 5.32 Å². The van der Waals surface area contributed by atoms with Gasteiger partial charge in [-0.25, -0.2) is 9.18 Å². The average Bonchev–Trinajstić information content (AvgIpc) is 2.59. The highest BCUT2D eigenvalue weighted by Crippen LogP contribution is 2.22. The number of halogens is 1. The molecule has 130 valence electrons. The first-order chi connectivity index (χ1) is 11.6. The molecule has 0 aromatic heterocycles. The summed E-state index contributed by atoms with van der Waals surface area (Å²) in [5.74, 6) is -0.863. The first-order valence-corrected chi connectivity index (χ1v) is 8.47. The molecule has 0 spiro atoms. The van der Waals surface area contributed by atoms with E-state index in [1.165, 1.54) is 38.3 Å². The molecule has 4 nitrogen and oxygen atoms in total. The summed E-state index contributed by atoms with van der Waals surface area (Å²) in [5.41, 5.74) is 0.295. The van der Waals surface area contributed by atoms with Crippen LogP contribution in [0.4, 0.5) is 4.39 Å². The topological polar surface area (TPSA) is 55.4 Å². The van der Waals surface area contributed by atoms with E-state index in [2.05, 4.69) is 5.32 Å². The predicted molar refractivity (Wildman–Crippen MR) is 90.6 cm³/mol. The maximum absolute atomic E-state index is 13.4. The van der Waals surface area contributed by atoms with E-state index in [4.69, 9.17) is 4.74 Å². The van der Waals surface area contributed by atoms with Crippen LogP contribution in [-0.2, 0) is 14.3 Å². The maximum atomic E-state index is 13.4. The van der Waals surface area contributed by atoms with Gasteiger partial charge in [0.25, 0.3) is 5.91 Å². The average molecular weight is 333 g/mol. The second kappa shape index (κ2) is 9.21. The molecule has 0 bridgehead atoms. The zero-order valence-electron chi connectivity index (χ0n) is 14.0. The summed E-state index contributed by atoms with van der Waals surface area (Å²) in [7, 11) is 0. The minimum Gasteiger partial charge on any atom is -0.449 e. The largest absolute Gasteiger partial charge is 0.449 e. The van der Waals surface area contributed by atoms with Crippen LogP contribution in [0.15, 0.2) is 30.3 Å². The molecular formula is C19H24FNO3. The van der Waals surface area contributed by atoms with Gasteiger partial charge in [-0.3, -0.25) is 4.79 Å². The Labute approximate surface area is 142 Å². The highest BCUT2D eigenvalue weighted by Gasteiger charge is 2.19. The fourth-order valence-corrected chi connectivity index (χ4v) is 2.82. The molecule has 2 rings (SSSR count). The lowest BCUT2D eigenvalue weighted by Gasteiger charge is -2.22. The minimum atomic E-state index is -0.869. The van der Waals surface area contributed by atoms with Gasteiger partial charge in [0.15, 0.2) is 6.10 Å². The fourth-order valence-electron chi connectivity index (χ4n) is 2.82. The van der Waals surface area contributed by atoms with Gasteiger partial charge in [0.2, 0.25) is 0 Å². The van der Waals surface area contributed by atoms with Gasteiger partial charge in [-0.05, 0) is 37.8 Å². The maximum Gasteiger partial charge on any atom is 0.331 e. The number of carbonyl (C=O) groups excluding carboxylic acids is 2. The number of nitrogens with one attached hydrogen (secondary N) is 1. The second-order valence-electron chi connectivity index (χ2n) is 6.18. The molecule has 0 aliphatic heterocycles. The summed E-state index contributed by atoms with van der Waals surface area (Å²) in [4.78, 5) is 23.7. The van der Waals surface area contributed by atoms with Gasteiger partial charge in [0.1, 0.15) is 5.82 Å². The molecule has 1 atom stereocenters. The molecule has 5 heteroatoms. The molecule has 0 heterocycles. The van der Waals surface area contributed by atoms with Crippen LogP contribution in [-0.4, -0.2) is 24.5 Å². The van der Waals surface area contributed by atoms with Crippen molar-refractivity contribution in [3.05, 3.63) is 41.7 Å². The molecule has 0 saturated heterocycles. The van der Waals surface area contributed by atoms with Gasteiger partial charge in [0.05, 0.1) is 0 Å². The van der Waals surface area contributed by atoms with Crippen molar-refractivity contribution in [3.63, 3.8) is 0 Å². The Bertz CT molecular complexity index is 594. The van der Waals surface area contributed by atoms with Gasteiger partial charge >= 0.3 is 5.97 Å². The summed E-state index contributed by atoms with van der Waals surface area (Å²) in [6, 6.07) is 6.12. The third kappa shape index (κ3) is 5.80. The van der Waals surface area contributed by atoms with Gasteiger partial charge in [-0.15, -0.1) is 0 Å². The van der Waals surface area contributed by atoms with Crippen molar-refractivity contribution in [3.8, 4) is 0 Å². The molecule has 0 radical (unpaired) electrons. The first-order valence-electron chi connectivity index (χ1n) is 8.47. The van der Waals surface area contributed by atoms with Crippen molar-refractivity contribution in [2.75, 3.05) is 6.54 Å². The second-order valence-corrected chi connectivity index (χ2v) is 6.18. The zero-order valence-corrected chi connectivity index (χ0v) is 14.0. The van der Waals surface area contributed by atoms with E-state index >= 15 is 0 Å². The van der Waals surface area contributed by atoms with Crippen LogP contribution >= 0.6 is 0 Å². The molecule has 1 saturated carbocycles. The number of ether oxygens (including phenoxy) is 1. The highest BCUT2D eigenvalue weighted by atomic mass is 19.1. The quantitative estimate of drug-likeness (QED) is 0.641. The van der Waals surface area contributed by atoms with Crippen LogP contribution in [0.5, 0.6) is 0 Å². The summed E-state index contributed by atoms with van der Waals surface area (Å²) in [5, 5.41) is 2.84. The summed E-state index contributed by atoms with van der Waals surface area (Å²) in [6.07, 6.45) is 7.57. The van der Waals surface area contributed by atoms with E-state index < -0.39 is 17.9 Å². The monoisotopic (exact) mass is 333 g/mol. The smallest absolute Gasteiger partial charge is 0.331 e. The summed E-state index contributed by atoms with van der Waals surface area (Å²) >= 11 is 0. The van der Waals surface area contributed by atoms with Crippen molar-refractivity contribution in [1.29, 1.82) is 0 Å². The van der Waals surface area contributed by atoms with Crippen molar-refractivity contribution in [2.24, 2.45) is 5.92 Å². The van der Waals surface area contributed by atoms with Crippen LogP contribution in [0.25, 0.3) is 6.08 Å². The van der Waals surface area contributed by atoms with Gasteiger partial charge in [-0.1, -0.05) is 37.5 Å². The lowest BCUT2D eigenvalue weighted by atomic mass is 9.89. The number of rotatable bonds is 6. The molecule has 1 N–H and O–H groups in total. The van der Waals surface area contributed by atoms with Gasteiger partial charge in [0, 0.05) is 18.2 Å². The van der Waals surface area contributed by atoms with Crippen LogP contribution in [0.1, 0.15) is 44.6 Å². The Morgan fingerprint density at radius 3 is 2.71 bits per heavy atom. The van der Waals surface area contributed by atoms with Crippen molar-refractivity contribution < 1.29 is 18.7 Å². The van der Waals surface area contributed by atoms with E-state index in [0.717, 1.165) is 18.9 Å². The molecule has 1 aromatic carbocycles. The standard InChI is InChI=1S/C19H24FNO3/c1-14(19(23)21-13-15-7-3-2-4-8-15)24-18(22)12-11-16-9-5-6-10-17(16)20/h5-6,9-12,14-15H,2-4,7-8,13H2,1H3,(H,21,23)/b12-11+/t14-/m1/s1. The number of carbonyl (C=O) groups is 2. The molecule has 1 aliphatic carbocycles. The fraction of sp³-hybridized carbons (Fsp3) is 0.474. The molecule has 24 heavy (non-hydrogen) atoms. The van der Waals surface area contributed by atoms with E-state index in [0.29, 0.717) is 18.0 Å². The Hall–Kier alpha value is -2.17. The van der Waals surface area contributed by atoms with E-state index in [1.54, 1.807) is 18.2 Å². The Morgan fingerprint density at radius 2 is 2.00 bits per heavy atom. The van der Waals surface area contributed by atoms with E-state index in [-0.39, 0.29) is 5.91 Å². The lowest BCUT2D eigenvalue weighted by Crippen LogP contribution is -2.38. The number of hydrogen-bond donors (Lipinski definition) is 1. The van der Waals surface area contributed by atoms with Crippen LogP contribution < -0.4 is 5.32 Å². The van der Waals surface area contributed by atoms with E-state index in [9.17, 15) is 14.0 Å². The van der Waals surface area contributed by atoms with Crippen LogP contribution in [0, 0.1) is 11.7 Å². The molecule has 1 aromatic rings. The summed E-state index contributed by atoms with van der Waals surface area (Å²) in [6.45, 7) is 2.16. The van der Waals surface area contributed by atoms with E-state index in [1.807, 2.05) is 0 Å². The Kier molecular flexibility index (Phi) is 6.97. The van der Waals surface area contributed by atoms with Gasteiger partial charge < -0.3 is 10.1 Å². The molecule has 0 unspecified atom stereocenters. The normalized spacial score (nSPS) is 16.8. The minimum absolute atomic E-state index is 0.295. The molecule has 1 fully saturated rings. The first kappa shape index (κ1) is 18.2. The SMILES string of the molecule is C[C@@H](OC(=O)/C=C/c1ccccc1F)C(=O)NCC1CCCCC1. The Balaban J connectivity index is 1.75. The number of hydrogen-bond acceptors (Lipinski definition) is 3. The van der Waals surface area contributed by atoms with Crippen molar-refractivity contribution in [2.45, 2.75) is 45.1 Å². The molecule has 1 aliphatic rings. The summed E-state index contributed by atoms with van der Waals surface area (Å²) < 4.78 is 18.5. The third-order valence-corrected chi connectivity index (χ3v) is 4.26. The van der Waals surface area contributed by atoms with Crippen LogP contribution in [0.2, 0.25) is 0 Å². The number of benzene rings is 1. The zero-order chi connectivity index (χ0) is 17.4. The van der Waals surface area contributed by atoms with Crippen molar-refractivity contribution >= 4 is 18.0 Å². The highest BCUT2D eigenvalue weighted by molar-refractivity contribution is 5.90. The van der Waals surface area contributed by atoms with Crippen LogP contribution in [0.3, 0.4) is 0 Å². The number of amides is 1.